The van der Waals surface area contributed by atoms with Crippen LogP contribution >= 0.6 is 11.6 Å². The summed E-state index contributed by atoms with van der Waals surface area (Å²) in [4.78, 5) is 22.9. The van der Waals surface area contributed by atoms with Gasteiger partial charge in [0.15, 0.2) is 5.82 Å². The number of rotatable bonds is 11. The van der Waals surface area contributed by atoms with Gasteiger partial charge in [-0.15, -0.1) is 6.58 Å². The third-order valence-electron chi connectivity index (χ3n) is 5.71. The number of hydrogen-bond donors (Lipinski definition) is 1. The number of benzene rings is 1. The van der Waals surface area contributed by atoms with Gasteiger partial charge in [-0.1, -0.05) is 36.2 Å². The van der Waals surface area contributed by atoms with Crippen molar-refractivity contribution in [3.8, 4) is 11.6 Å². The lowest BCUT2D eigenvalue weighted by atomic mass is 9.93. The normalized spacial score (nSPS) is 16.9. The fourth-order valence-electron chi connectivity index (χ4n) is 3.69. The van der Waals surface area contributed by atoms with Crippen LogP contribution in [0.2, 0.25) is 5.02 Å². The average Bonchev–Trinajstić information content (AvgIpc) is 3.24. The van der Waals surface area contributed by atoms with Crippen LogP contribution in [0.4, 0.5) is 5.82 Å². The minimum atomic E-state index is -0.994. The summed E-state index contributed by atoms with van der Waals surface area (Å²) < 4.78 is 11.8. The molecule has 1 saturated heterocycles. The molecule has 1 aromatic heterocycles. The summed E-state index contributed by atoms with van der Waals surface area (Å²) in [5.41, 5.74) is 1.02. The van der Waals surface area contributed by atoms with Crippen molar-refractivity contribution in [2.75, 3.05) is 24.6 Å². The predicted octanol–water partition coefficient (Wildman–Crippen LogP) is 4.97. The van der Waals surface area contributed by atoms with Gasteiger partial charge >= 0.3 is 0 Å². The van der Waals surface area contributed by atoms with E-state index in [1.807, 2.05) is 43.0 Å². The highest BCUT2D eigenvalue weighted by Crippen LogP contribution is 2.33. The standard InChI is InChI=1S/C26H34ClN3O4/c1-17(2)6-11-22(31)18(3)19-7-9-20(10-8-19)34-21-12-13-30(14-21)24-23(27)25(29-16-28-24)33-15-26(4,5)32/h7-10,16,18,21,32H,1,6,11-15H2,2-5H3/t18?,21-/m1/s1. The molecule has 1 aliphatic rings. The van der Waals surface area contributed by atoms with Crippen molar-refractivity contribution in [2.24, 2.45) is 0 Å². The van der Waals surface area contributed by atoms with E-state index in [0.717, 1.165) is 36.3 Å². The van der Waals surface area contributed by atoms with Crippen LogP contribution in [-0.2, 0) is 4.79 Å². The molecule has 8 heteroatoms. The van der Waals surface area contributed by atoms with Gasteiger partial charge in [0, 0.05) is 25.3 Å². The first-order valence-corrected chi connectivity index (χ1v) is 12.0. The first-order valence-electron chi connectivity index (χ1n) is 11.6. The topological polar surface area (TPSA) is 84.8 Å². The highest BCUT2D eigenvalue weighted by Gasteiger charge is 2.28. The second-order valence-corrected chi connectivity index (χ2v) is 9.98. The van der Waals surface area contributed by atoms with E-state index in [-0.39, 0.29) is 30.3 Å². The number of carbonyl (C=O) groups excluding carboxylic acids is 1. The van der Waals surface area contributed by atoms with Crippen molar-refractivity contribution < 1.29 is 19.4 Å². The van der Waals surface area contributed by atoms with E-state index < -0.39 is 5.60 Å². The molecule has 0 saturated carbocycles. The van der Waals surface area contributed by atoms with E-state index in [1.54, 1.807) is 13.8 Å². The molecule has 2 aromatic rings. The van der Waals surface area contributed by atoms with Crippen molar-refractivity contribution in [3.63, 3.8) is 0 Å². The Balaban J connectivity index is 1.57. The summed E-state index contributed by atoms with van der Waals surface area (Å²) in [7, 11) is 0. The highest BCUT2D eigenvalue weighted by molar-refractivity contribution is 6.34. The van der Waals surface area contributed by atoms with Crippen LogP contribution in [0.5, 0.6) is 11.6 Å². The Morgan fingerprint density at radius 2 is 2.00 bits per heavy atom. The van der Waals surface area contributed by atoms with Crippen LogP contribution in [0.25, 0.3) is 0 Å². The number of hydrogen-bond acceptors (Lipinski definition) is 7. The van der Waals surface area contributed by atoms with Gasteiger partial charge in [0.1, 0.15) is 35.6 Å². The van der Waals surface area contributed by atoms with Gasteiger partial charge in [-0.25, -0.2) is 9.97 Å². The number of carbonyl (C=O) groups is 1. The minimum Gasteiger partial charge on any atom is -0.489 e. The largest absolute Gasteiger partial charge is 0.489 e. The molecule has 1 fully saturated rings. The van der Waals surface area contributed by atoms with Crippen LogP contribution in [0.15, 0.2) is 42.7 Å². The van der Waals surface area contributed by atoms with E-state index in [2.05, 4.69) is 16.5 Å². The Kier molecular flexibility index (Phi) is 8.55. The maximum Gasteiger partial charge on any atom is 0.238 e. The van der Waals surface area contributed by atoms with E-state index in [1.165, 1.54) is 6.33 Å². The molecule has 0 spiro atoms. The van der Waals surface area contributed by atoms with Crippen LogP contribution in [0, 0.1) is 0 Å². The number of anilines is 1. The lowest BCUT2D eigenvalue weighted by Crippen LogP contribution is -2.29. The minimum absolute atomic E-state index is 0.0211. The van der Waals surface area contributed by atoms with E-state index in [4.69, 9.17) is 21.1 Å². The SMILES string of the molecule is C=C(C)CCC(=O)C(C)c1ccc(O[C@@H]2CCN(c3ncnc(OCC(C)(C)O)c3Cl)C2)cc1. The van der Waals surface area contributed by atoms with Gasteiger partial charge in [0.25, 0.3) is 0 Å². The molecule has 1 N–H and O–H groups in total. The molecule has 3 rings (SSSR count). The van der Waals surface area contributed by atoms with Crippen LogP contribution in [-0.4, -0.2) is 52.3 Å². The van der Waals surface area contributed by atoms with Gasteiger partial charge in [-0.3, -0.25) is 4.79 Å². The monoisotopic (exact) mass is 487 g/mol. The van der Waals surface area contributed by atoms with E-state index in [0.29, 0.717) is 23.8 Å². The summed E-state index contributed by atoms with van der Waals surface area (Å²) in [6.07, 6.45) is 3.45. The van der Waals surface area contributed by atoms with E-state index >= 15 is 0 Å². The first-order chi connectivity index (χ1) is 16.0. The zero-order valence-corrected chi connectivity index (χ0v) is 21.1. The molecular formula is C26H34ClN3O4. The van der Waals surface area contributed by atoms with Crippen molar-refractivity contribution in [1.82, 2.24) is 9.97 Å². The smallest absolute Gasteiger partial charge is 0.238 e. The Morgan fingerprint density at radius 1 is 1.29 bits per heavy atom. The summed E-state index contributed by atoms with van der Waals surface area (Å²) in [6.45, 7) is 12.5. The lowest BCUT2D eigenvalue weighted by Gasteiger charge is -2.21. The summed E-state index contributed by atoms with van der Waals surface area (Å²) in [6, 6.07) is 7.75. The van der Waals surface area contributed by atoms with Crippen LogP contribution in [0.3, 0.4) is 0 Å². The quantitative estimate of drug-likeness (QED) is 0.448. The summed E-state index contributed by atoms with van der Waals surface area (Å²) >= 11 is 6.49. The van der Waals surface area contributed by atoms with Gasteiger partial charge in [0.2, 0.25) is 5.88 Å². The molecule has 184 valence electrons. The molecule has 1 aromatic carbocycles. The molecule has 0 aliphatic carbocycles. The fraction of sp³-hybridized carbons (Fsp3) is 0.500. The second kappa shape index (κ2) is 11.2. The molecule has 1 aliphatic heterocycles. The van der Waals surface area contributed by atoms with Gasteiger partial charge < -0.3 is 19.5 Å². The van der Waals surface area contributed by atoms with Crippen LogP contribution in [0.1, 0.15) is 58.4 Å². The van der Waals surface area contributed by atoms with Crippen molar-refractivity contribution >= 4 is 23.2 Å². The number of allylic oxidation sites excluding steroid dienone is 1. The molecular weight excluding hydrogens is 454 g/mol. The van der Waals surface area contributed by atoms with Gasteiger partial charge in [-0.2, -0.15) is 0 Å². The Labute approximate surface area is 206 Å². The Hall–Kier alpha value is -2.64. The number of nitrogens with zero attached hydrogens (tertiary/aromatic N) is 3. The first kappa shape index (κ1) is 26.0. The molecule has 0 amide bonds. The molecule has 34 heavy (non-hydrogen) atoms. The second-order valence-electron chi connectivity index (χ2n) is 9.61. The number of ketones is 1. The molecule has 2 heterocycles. The lowest BCUT2D eigenvalue weighted by molar-refractivity contribution is -0.120. The summed E-state index contributed by atoms with van der Waals surface area (Å²) in [5, 5.41) is 10.2. The van der Waals surface area contributed by atoms with Crippen LogP contribution < -0.4 is 14.4 Å². The number of aromatic nitrogens is 2. The highest BCUT2D eigenvalue weighted by atomic mass is 35.5. The van der Waals surface area contributed by atoms with Crippen molar-refractivity contribution in [2.45, 2.75) is 64.6 Å². The van der Waals surface area contributed by atoms with Gasteiger partial charge in [0.05, 0.1) is 12.1 Å². The zero-order chi connectivity index (χ0) is 24.9. The number of aliphatic hydroxyl groups is 1. The molecule has 1 unspecified atom stereocenters. The predicted molar refractivity (Wildman–Crippen MR) is 134 cm³/mol. The number of ether oxygens (including phenoxy) is 2. The van der Waals surface area contributed by atoms with Gasteiger partial charge in [-0.05, 0) is 44.9 Å². The maximum absolute atomic E-state index is 12.4. The Bertz CT molecular complexity index is 1000. The third-order valence-corrected chi connectivity index (χ3v) is 6.04. The molecule has 0 bridgehead atoms. The molecule has 7 nitrogen and oxygen atoms in total. The third kappa shape index (κ3) is 7.18. The fourth-order valence-corrected chi connectivity index (χ4v) is 3.97. The maximum atomic E-state index is 12.4. The van der Waals surface area contributed by atoms with Crippen molar-refractivity contribution in [1.29, 1.82) is 0 Å². The van der Waals surface area contributed by atoms with E-state index in [9.17, 15) is 9.90 Å². The van der Waals surface area contributed by atoms with Crippen molar-refractivity contribution in [3.05, 3.63) is 53.3 Å². The Morgan fingerprint density at radius 3 is 2.65 bits per heavy atom. The molecule has 0 radical (unpaired) electrons. The summed E-state index contributed by atoms with van der Waals surface area (Å²) in [5.74, 6) is 1.67. The molecule has 2 atom stereocenters. The number of halogens is 1. The average molecular weight is 488 g/mol. The number of Topliss-reactive ketones (excluding diaryl/α,β-unsaturated/α-hetero) is 1. The zero-order valence-electron chi connectivity index (χ0n) is 20.4.